The number of ether oxygens (including phenoxy) is 1. The highest BCUT2D eigenvalue weighted by atomic mass is 16.5. The topological polar surface area (TPSA) is 96.2 Å². The van der Waals surface area contributed by atoms with E-state index in [1.54, 1.807) is 7.05 Å². The first-order valence-electron chi connectivity index (χ1n) is 2.86. The molecule has 0 aliphatic rings. The summed E-state index contributed by atoms with van der Waals surface area (Å²) in [6.07, 6.45) is 0.560. The minimum absolute atomic E-state index is 0.145. The molecule has 0 saturated heterocycles. The van der Waals surface area contributed by atoms with E-state index in [9.17, 15) is 4.79 Å². The lowest BCUT2D eigenvalue weighted by Gasteiger charge is -1.94. The Labute approximate surface area is 62.7 Å². The lowest BCUT2D eigenvalue weighted by molar-refractivity contribution is 0.211. The SMILES string of the molecule is Cn1cc(OC(N)=O)c(N)n1. The van der Waals surface area contributed by atoms with E-state index >= 15 is 0 Å². The molecular formula is C5H8N4O2. The second-order valence-electron chi connectivity index (χ2n) is 1.97. The lowest BCUT2D eigenvalue weighted by Crippen LogP contribution is -2.16. The Morgan fingerprint density at radius 1 is 1.82 bits per heavy atom. The Kier molecular flexibility index (Phi) is 1.67. The van der Waals surface area contributed by atoms with Crippen molar-refractivity contribution in [3.05, 3.63) is 6.20 Å². The molecule has 0 aliphatic heterocycles. The fraction of sp³-hybridized carbons (Fsp3) is 0.200. The second-order valence-corrected chi connectivity index (χ2v) is 1.97. The second kappa shape index (κ2) is 2.49. The number of nitrogens with two attached hydrogens (primary N) is 2. The summed E-state index contributed by atoms with van der Waals surface area (Å²) in [6, 6.07) is 0. The van der Waals surface area contributed by atoms with Crippen molar-refractivity contribution in [2.75, 3.05) is 5.73 Å². The van der Waals surface area contributed by atoms with Gasteiger partial charge in [0.2, 0.25) is 0 Å². The molecule has 0 fully saturated rings. The molecule has 0 aromatic carbocycles. The van der Waals surface area contributed by atoms with Crippen molar-refractivity contribution >= 4 is 11.9 Å². The van der Waals surface area contributed by atoms with Crippen LogP contribution in [0.3, 0.4) is 0 Å². The van der Waals surface area contributed by atoms with Gasteiger partial charge in [0.25, 0.3) is 0 Å². The molecule has 0 atom stereocenters. The van der Waals surface area contributed by atoms with Gasteiger partial charge in [-0.05, 0) is 0 Å². The summed E-state index contributed by atoms with van der Waals surface area (Å²) in [5, 5.41) is 3.73. The summed E-state index contributed by atoms with van der Waals surface area (Å²) in [4.78, 5) is 10.2. The summed E-state index contributed by atoms with van der Waals surface area (Å²) >= 11 is 0. The van der Waals surface area contributed by atoms with E-state index in [4.69, 9.17) is 11.5 Å². The molecule has 0 bridgehead atoms. The number of nitrogen functional groups attached to an aromatic ring is 1. The standard InChI is InChI=1S/C5H8N4O2/c1-9-2-3(4(6)8-9)11-5(7)10/h2H,1H3,(H2,6,8)(H2,7,10). The average molecular weight is 156 g/mol. The third-order valence-electron chi connectivity index (χ3n) is 1.03. The van der Waals surface area contributed by atoms with E-state index in [0.717, 1.165) is 0 Å². The van der Waals surface area contributed by atoms with E-state index in [1.807, 2.05) is 0 Å². The average Bonchev–Trinajstić information content (AvgIpc) is 2.09. The lowest BCUT2D eigenvalue weighted by atomic mass is 10.6. The molecule has 0 unspecified atom stereocenters. The van der Waals surface area contributed by atoms with E-state index in [1.165, 1.54) is 10.9 Å². The first-order valence-corrected chi connectivity index (χ1v) is 2.86. The highest BCUT2D eigenvalue weighted by Crippen LogP contribution is 2.17. The van der Waals surface area contributed by atoms with Crippen LogP contribution in [-0.4, -0.2) is 15.9 Å². The van der Waals surface area contributed by atoms with Crippen molar-refractivity contribution in [3.8, 4) is 5.75 Å². The van der Waals surface area contributed by atoms with Crippen molar-refractivity contribution in [1.29, 1.82) is 0 Å². The van der Waals surface area contributed by atoms with Gasteiger partial charge in [-0.3, -0.25) is 4.68 Å². The van der Waals surface area contributed by atoms with Crippen LogP contribution < -0.4 is 16.2 Å². The number of carbonyl (C=O) groups is 1. The van der Waals surface area contributed by atoms with E-state index < -0.39 is 6.09 Å². The Balaban J connectivity index is 2.85. The number of hydrogen-bond donors (Lipinski definition) is 2. The Hall–Kier alpha value is -1.72. The Bertz CT molecular complexity index is 280. The van der Waals surface area contributed by atoms with Gasteiger partial charge in [-0.15, -0.1) is 0 Å². The minimum atomic E-state index is -0.898. The number of aryl methyl sites for hydroxylation is 1. The van der Waals surface area contributed by atoms with Crippen LogP contribution in [0.4, 0.5) is 10.6 Å². The van der Waals surface area contributed by atoms with Gasteiger partial charge >= 0.3 is 6.09 Å². The van der Waals surface area contributed by atoms with Gasteiger partial charge in [-0.1, -0.05) is 0 Å². The van der Waals surface area contributed by atoms with Crippen LogP contribution in [0.1, 0.15) is 0 Å². The number of nitrogens with zero attached hydrogens (tertiary/aromatic N) is 2. The van der Waals surface area contributed by atoms with Crippen LogP contribution in [0.5, 0.6) is 5.75 Å². The van der Waals surface area contributed by atoms with E-state index in [0.29, 0.717) is 0 Å². The normalized spacial score (nSPS) is 9.55. The molecule has 1 amide bonds. The molecule has 6 heteroatoms. The summed E-state index contributed by atoms with van der Waals surface area (Å²) in [6.45, 7) is 0. The van der Waals surface area contributed by atoms with Gasteiger partial charge in [-0.2, -0.15) is 5.10 Å². The molecule has 1 heterocycles. The zero-order valence-electron chi connectivity index (χ0n) is 5.94. The summed E-state index contributed by atoms with van der Waals surface area (Å²) in [5.74, 6) is 0.325. The van der Waals surface area contributed by atoms with Gasteiger partial charge in [0.05, 0.1) is 6.20 Å². The fourth-order valence-electron chi connectivity index (χ4n) is 0.671. The van der Waals surface area contributed by atoms with Gasteiger partial charge < -0.3 is 16.2 Å². The molecule has 4 N–H and O–H groups in total. The largest absolute Gasteiger partial charge is 0.410 e. The number of amides is 1. The molecule has 0 spiro atoms. The van der Waals surface area contributed by atoms with Crippen molar-refractivity contribution in [2.24, 2.45) is 12.8 Å². The van der Waals surface area contributed by atoms with Crippen LogP contribution in [0.25, 0.3) is 0 Å². The van der Waals surface area contributed by atoms with Gasteiger partial charge in [0.1, 0.15) is 0 Å². The van der Waals surface area contributed by atoms with Gasteiger partial charge in [-0.25, -0.2) is 4.79 Å². The van der Waals surface area contributed by atoms with Crippen LogP contribution in [0.2, 0.25) is 0 Å². The molecule has 0 aliphatic carbocycles. The third kappa shape index (κ3) is 1.60. The first kappa shape index (κ1) is 7.39. The van der Waals surface area contributed by atoms with Gasteiger partial charge in [0, 0.05) is 7.05 Å². The van der Waals surface area contributed by atoms with Crippen LogP contribution in [-0.2, 0) is 7.05 Å². The third-order valence-corrected chi connectivity index (χ3v) is 1.03. The molecule has 60 valence electrons. The predicted octanol–water partition coefficient (Wildman–Crippen LogP) is -0.540. The van der Waals surface area contributed by atoms with E-state index in [2.05, 4.69) is 9.84 Å². The minimum Gasteiger partial charge on any atom is -0.405 e. The van der Waals surface area contributed by atoms with Crippen molar-refractivity contribution < 1.29 is 9.53 Å². The quantitative estimate of drug-likeness (QED) is 0.570. The van der Waals surface area contributed by atoms with E-state index in [-0.39, 0.29) is 11.6 Å². The number of anilines is 1. The fourth-order valence-corrected chi connectivity index (χ4v) is 0.671. The number of aromatic nitrogens is 2. The van der Waals surface area contributed by atoms with Crippen LogP contribution >= 0.6 is 0 Å². The maximum atomic E-state index is 10.2. The molecular weight excluding hydrogens is 148 g/mol. The number of carbonyl (C=O) groups excluding carboxylic acids is 1. The smallest absolute Gasteiger partial charge is 0.405 e. The van der Waals surface area contributed by atoms with Crippen LogP contribution in [0.15, 0.2) is 6.20 Å². The summed E-state index contributed by atoms with van der Waals surface area (Å²) < 4.78 is 5.92. The summed E-state index contributed by atoms with van der Waals surface area (Å²) in [7, 11) is 1.66. The molecule has 1 rings (SSSR count). The highest BCUT2D eigenvalue weighted by Gasteiger charge is 2.06. The first-order chi connectivity index (χ1) is 5.09. The van der Waals surface area contributed by atoms with Crippen molar-refractivity contribution in [3.63, 3.8) is 0 Å². The van der Waals surface area contributed by atoms with Crippen molar-refractivity contribution in [2.45, 2.75) is 0 Å². The Morgan fingerprint density at radius 3 is 2.82 bits per heavy atom. The van der Waals surface area contributed by atoms with Gasteiger partial charge in [0.15, 0.2) is 11.6 Å². The van der Waals surface area contributed by atoms with Crippen LogP contribution in [0, 0.1) is 0 Å². The Morgan fingerprint density at radius 2 is 2.45 bits per heavy atom. The zero-order valence-corrected chi connectivity index (χ0v) is 5.94. The number of hydrogen-bond acceptors (Lipinski definition) is 4. The summed E-state index contributed by atoms with van der Waals surface area (Å²) in [5.41, 5.74) is 10.1. The predicted molar refractivity (Wildman–Crippen MR) is 37.8 cm³/mol. The highest BCUT2D eigenvalue weighted by molar-refractivity contribution is 5.69. The number of primary amides is 1. The zero-order chi connectivity index (χ0) is 8.43. The molecule has 1 aromatic rings. The molecule has 1 aromatic heterocycles. The number of rotatable bonds is 1. The molecule has 6 nitrogen and oxygen atoms in total. The van der Waals surface area contributed by atoms with Crippen molar-refractivity contribution in [1.82, 2.24) is 9.78 Å². The molecule has 11 heavy (non-hydrogen) atoms. The molecule has 0 radical (unpaired) electrons. The molecule has 0 saturated carbocycles. The maximum absolute atomic E-state index is 10.2. The monoisotopic (exact) mass is 156 g/mol. The maximum Gasteiger partial charge on any atom is 0.410 e.